The fourth-order valence-electron chi connectivity index (χ4n) is 1.36. The Labute approximate surface area is 119 Å². The molecule has 0 unspecified atom stereocenters. The van der Waals surface area contributed by atoms with Gasteiger partial charge in [-0.2, -0.15) is 0 Å². The van der Waals surface area contributed by atoms with Gasteiger partial charge in [-0.05, 0) is 25.1 Å². The summed E-state index contributed by atoms with van der Waals surface area (Å²) in [7, 11) is 0. The number of halogens is 2. The molecular weight excluding hydrogens is 320 g/mol. The van der Waals surface area contributed by atoms with E-state index in [0.29, 0.717) is 23.7 Å². The molecular formula is C12H14BrClN2O2. The predicted octanol–water partition coefficient (Wildman–Crippen LogP) is 2.36. The minimum absolute atomic E-state index is 0.0786. The van der Waals surface area contributed by atoms with Crippen LogP contribution in [0, 0.1) is 0 Å². The van der Waals surface area contributed by atoms with Gasteiger partial charge in [0, 0.05) is 34.6 Å². The SMILES string of the molecule is CCNC(=O)CCNC(=O)c1cc(Cl)cc(Br)c1. The van der Waals surface area contributed by atoms with Gasteiger partial charge in [-0.15, -0.1) is 0 Å². The number of amides is 2. The third-order valence-electron chi connectivity index (χ3n) is 2.14. The molecule has 0 bridgehead atoms. The number of nitrogens with one attached hydrogen (secondary N) is 2. The Morgan fingerprint density at radius 3 is 2.61 bits per heavy atom. The molecule has 0 aromatic heterocycles. The Kier molecular flexibility index (Phi) is 6.15. The monoisotopic (exact) mass is 332 g/mol. The van der Waals surface area contributed by atoms with E-state index in [0.717, 1.165) is 4.47 Å². The van der Waals surface area contributed by atoms with Gasteiger partial charge in [0.25, 0.3) is 5.91 Å². The Morgan fingerprint density at radius 1 is 1.28 bits per heavy atom. The van der Waals surface area contributed by atoms with Crippen LogP contribution in [0.15, 0.2) is 22.7 Å². The fourth-order valence-corrected chi connectivity index (χ4v) is 2.22. The van der Waals surface area contributed by atoms with E-state index in [1.165, 1.54) is 0 Å². The van der Waals surface area contributed by atoms with Gasteiger partial charge in [0.05, 0.1) is 0 Å². The standard InChI is InChI=1S/C12H14BrClN2O2/c1-2-15-11(17)3-4-16-12(18)8-5-9(13)7-10(14)6-8/h5-7H,2-4H2,1H3,(H,15,17)(H,16,18). The van der Waals surface area contributed by atoms with Crippen molar-refractivity contribution in [2.75, 3.05) is 13.1 Å². The Bertz CT molecular complexity index is 431. The first-order chi connectivity index (χ1) is 8.52. The number of carbonyl (C=O) groups is 2. The molecule has 0 radical (unpaired) electrons. The van der Waals surface area contributed by atoms with Gasteiger partial charge in [-0.3, -0.25) is 9.59 Å². The summed E-state index contributed by atoms with van der Waals surface area (Å²) in [4.78, 5) is 22.9. The summed E-state index contributed by atoms with van der Waals surface area (Å²) in [5.74, 6) is -0.326. The first-order valence-corrected chi connectivity index (χ1v) is 6.71. The summed E-state index contributed by atoms with van der Waals surface area (Å²) in [6.07, 6.45) is 0.265. The van der Waals surface area contributed by atoms with Crippen LogP contribution in [-0.2, 0) is 4.79 Å². The van der Waals surface area contributed by atoms with Gasteiger partial charge < -0.3 is 10.6 Å². The molecule has 98 valence electrons. The molecule has 0 fully saturated rings. The molecule has 0 aliphatic heterocycles. The molecule has 0 saturated heterocycles. The molecule has 1 aromatic rings. The van der Waals surface area contributed by atoms with E-state index in [1.807, 2.05) is 6.92 Å². The normalized spacial score (nSPS) is 9.94. The molecule has 2 amide bonds. The van der Waals surface area contributed by atoms with Crippen LogP contribution < -0.4 is 10.6 Å². The summed E-state index contributed by atoms with van der Waals surface area (Å²) in [5, 5.41) is 5.81. The molecule has 0 aliphatic carbocycles. The number of benzene rings is 1. The van der Waals surface area contributed by atoms with Crippen molar-refractivity contribution < 1.29 is 9.59 Å². The highest BCUT2D eigenvalue weighted by Crippen LogP contribution is 2.19. The van der Waals surface area contributed by atoms with Crippen molar-refractivity contribution in [2.45, 2.75) is 13.3 Å². The average Bonchev–Trinajstić information content (AvgIpc) is 2.27. The molecule has 0 aliphatic rings. The average molecular weight is 334 g/mol. The van der Waals surface area contributed by atoms with Gasteiger partial charge in [0.2, 0.25) is 5.91 Å². The second kappa shape index (κ2) is 7.38. The molecule has 0 atom stereocenters. The second-order valence-electron chi connectivity index (χ2n) is 3.62. The van der Waals surface area contributed by atoms with Crippen molar-refractivity contribution in [1.82, 2.24) is 10.6 Å². The van der Waals surface area contributed by atoms with Crippen molar-refractivity contribution in [3.8, 4) is 0 Å². The van der Waals surface area contributed by atoms with Gasteiger partial charge in [-0.1, -0.05) is 27.5 Å². The molecule has 0 saturated carbocycles. The molecule has 2 N–H and O–H groups in total. The zero-order valence-electron chi connectivity index (χ0n) is 9.93. The maximum atomic E-state index is 11.8. The lowest BCUT2D eigenvalue weighted by atomic mass is 10.2. The highest BCUT2D eigenvalue weighted by atomic mass is 79.9. The highest BCUT2D eigenvalue weighted by molar-refractivity contribution is 9.10. The van der Waals surface area contributed by atoms with E-state index in [2.05, 4.69) is 26.6 Å². The quantitative estimate of drug-likeness (QED) is 0.869. The molecule has 4 nitrogen and oxygen atoms in total. The molecule has 18 heavy (non-hydrogen) atoms. The highest BCUT2D eigenvalue weighted by Gasteiger charge is 2.08. The van der Waals surface area contributed by atoms with Crippen molar-refractivity contribution in [3.63, 3.8) is 0 Å². The van der Waals surface area contributed by atoms with Gasteiger partial charge in [-0.25, -0.2) is 0 Å². The minimum Gasteiger partial charge on any atom is -0.356 e. The van der Waals surface area contributed by atoms with Crippen LogP contribution in [0.4, 0.5) is 0 Å². The van der Waals surface area contributed by atoms with E-state index >= 15 is 0 Å². The lowest BCUT2D eigenvalue weighted by Crippen LogP contribution is -2.30. The van der Waals surface area contributed by atoms with Crippen molar-refractivity contribution >= 4 is 39.3 Å². The summed E-state index contributed by atoms with van der Waals surface area (Å²) in [5.41, 5.74) is 0.463. The first-order valence-electron chi connectivity index (χ1n) is 5.54. The number of hydrogen-bond acceptors (Lipinski definition) is 2. The molecule has 0 spiro atoms. The maximum Gasteiger partial charge on any atom is 0.251 e. The summed E-state index contributed by atoms with van der Waals surface area (Å²) >= 11 is 9.11. The van der Waals surface area contributed by atoms with E-state index < -0.39 is 0 Å². The van der Waals surface area contributed by atoms with Gasteiger partial charge in [0.1, 0.15) is 0 Å². The van der Waals surface area contributed by atoms with Crippen molar-refractivity contribution in [2.24, 2.45) is 0 Å². The predicted molar refractivity (Wildman–Crippen MR) is 74.8 cm³/mol. The van der Waals surface area contributed by atoms with Crippen LogP contribution in [0.5, 0.6) is 0 Å². The minimum atomic E-state index is -0.248. The van der Waals surface area contributed by atoms with E-state index in [1.54, 1.807) is 18.2 Å². The van der Waals surface area contributed by atoms with Crippen LogP contribution in [0.2, 0.25) is 5.02 Å². The Balaban J connectivity index is 2.48. The van der Waals surface area contributed by atoms with E-state index in [4.69, 9.17) is 11.6 Å². The third-order valence-corrected chi connectivity index (χ3v) is 2.81. The maximum absolute atomic E-state index is 11.8. The first kappa shape index (κ1) is 15.0. The summed E-state index contributed by atoms with van der Waals surface area (Å²) < 4.78 is 0.740. The third kappa shape index (κ3) is 5.06. The molecule has 0 heterocycles. The fraction of sp³-hybridized carbons (Fsp3) is 0.333. The van der Waals surface area contributed by atoms with Crippen molar-refractivity contribution in [3.05, 3.63) is 33.3 Å². The number of hydrogen-bond donors (Lipinski definition) is 2. The van der Waals surface area contributed by atoms with Gasteiger partial charge >= 0.3 is 0 Å². The summed E-state index contributed by atoms with van der Waals surface area (Å²) in [6.45, 7) is 2.74. The largest absolute Gasteiger partial charge is 0.356 e. The zero-order chi connectivity index (χ0) is 13.5. The van der Waals surface area contributed by atoms with Crippen LogP contribution in [0.25, 0.3) is 0 Å². The van der Waals surface area contributed by atoms with Crippen LogP contribution in [-0.4, -0.2) is 24.9 Å². The molecule has 1 rings (SSSR count). The number of rotatable bonds is 5. The molecule has 1 aromatic carbocycles. The Hall–Kier alpha value is -1.07. The smallest absolute Gasteiger partial charge is 0.251 e. The Morgan fingerprint density at radius 2 is 2.00 bits per heavy atom. The summed E-state index contributed by atoms with van der Waals surface area (Å²) in [6, 6.07) is 4.95. The van der Waals surface area contributed by atoms with Crippen LogP contribution in [0.3, 0.4) is 0 Å². The van der Waals surface area contributed by atoms with Crippen LogP contribution >= 0.6 is 27.5 Å². The van der Waals surface area contributed by atoms with Crippen LogP contribution in [0.1, 0.15) is 23.7 Å². The van der Waals surface area contributed by atoms with E-state index in [-0.39, 0.29) is 18.2 Å². The lowest BCUT2D eigenvalue weighted by Gasteiger charge is -2.06. The topological polar surface area (TPSA) is 58.2 Å². The zero-order valence-corrected chi connectivity index (χ0v) is 12.3. The number of carbonyl (C=O) groups excluding carboxylic acids is 2. The van der Waals surface area contributed by atoms with Crippen molar-refractivity contribution in [1.29, 1.82) is 0 Å². The second-order valence-corrected chi connectivity index (χ2v) is 4.97. The van der Waals surface area contributed by atoms with E-state index in [9.17, 15) is 9.59 Å². The molecule has 6 heteroatoms. The lowest BCUT2D eigenvalue weighted by molar-refractivity contribution is -0.120. The van der Waals surface area contributed by atoms with Gasteiger partial charge in [0.15, 0.2) is 0 Å².